The summed E-state index contributed by atoms with van der Waals surface area (Å²) in [5, 5.41) is 22.4. The number of esters is 1. The maximum atomic E-state index is 12.7. The van der Waals surface area contributed by atoms with Gasteiger partial charge in [0.25, 0.3) is 0 Å². The Morgan fingerprint density at radius 2 is 1.96 bits per heavy atom. The zero-order chi connectivity index (χ0) is 17.1. The highest BCUT2D eigenvalue weighted by atomic mass is 16.6. The van der Waals surface area contributed by atoms with E-state index in [2.05, 4.69) is 13.5 Å². The molecule has 9 unspecified atom stereocenters. The fourth-order valence-corrected chi connectivity index (χ4v) is 8.14. The van der Waals surface area contributed by atoms with Crippen molar-refractivity contribution in [1.82, 2.24) is 0 Å². The first-order chi connectivity index (χ1) is 11.2. The summed E-state index contributed by atoms with van der Waals surface area (Å²) in [6, 6.07) is 0. The van der Waals surface area contributed by atoms with Gasteiger partial charge in [-0.3, -0.25) is 4.79 Å². The molecule has 0 amide bonds. The van der Waals surface area contributed by atoms with Crippen molar-refractivity contribution in [3.63, 3.8) is 0 Å². The first-order valence-electron chi connectivity index (χ1n) is 9.49. The van der Waals surface area contributed by atoms with Crippen LogP contribution in [0.5, 0.6) is 0 Å². The standard InChI is InChI=1S/C20H28O4/c1-10-8-20-9-11(10)7-12(21)14(20)18(2)5-4-6-19(3)15(18)13(16(20)22)24-17(19)23/h11-16,21-22H,1,4-9H2,2-3H3. The highest BCUT2D eigenvalue weighted by molar-refractivity contribution is 5.80. The van der Waals surface area contributed by atoms with E-state index < -0.39 is 23.7 Å². The number of ether oxygens (including phenoxy) is 1. The molecular formula is C20H28O4. The van der Waals surface area contributed by atoms with Crippen LogP contribution in [-0.4, -0.2) is 34.5 Å². The summed E-state index contributed by atoms with van der Waals surface area (Å²) >= 11 is 0. The second kappa shape index (κ2) is 4.27. The molecule has 2 N–H and O–H groups in total. The van der Waals surface area contributed by atoms with Crippen LogP contribution in [0.25, 0.3) is 0 Å². The number of fused-ring (bicyclic) bond motifs is 2. The van der Waals surface area contributed by atoms with Gasteiger partial charge in [-0.25, -0.2) is 0 Å². The van der Waals surface area contributed by atoms with Gasteiger partial charge < -0.3 is 14.9 Å². The lowest BCUT2D eigenvalue weighted by Crippen LogP contribution is -2.68. The molecule has 5 rings (SSSR count). The van der Waals surface area contributed by atoms with Crippen molar-refractivity contribution in [2.75, 3.05) is 0 Å². The monoisotopic (exact) mass is 332 g/mol. The molecule has 1 saturated heterocycles. The third-order valence-electron chi connectivity index (χ3n) is 8.75. The van der Waals surface area contributed by atoms with Crippen molar-refractivity contribution in [3.8, 4) is 0 Å². The summed E-state index contributed by atoms with van der Waals surface area (Å²) in [6.07, 6.45) is 3.74. The van der Waals surface area contributed by atoms with Crippen LogP contribution < -0.4 is 0 Å². The molecule has 5 aliphatic rings. The van der Waals surface area contributed by atoms with Crippen molar-refractivity contribution < 1.29 is 19.7 Å². The molecule has 4 aliphatic carbocycles. The average Bonchev–Trinajstić information content (AvgIpc) is 2.91. The van der Waals surface area contributed by atoms with Gasteiger partial charge in [0, 0.05) is 11.3 Å². The van der Waals surface area contributed by atoms with Crippen LogP contribution in [0.4, 0.5) is 0 Å². The van der Waals surface area contributed by atoms with E-state index in [0.717, 1.165) is 38.5 Å². The fraction of sp³-hybridized carbons (Fsp3) is 0.850. The lowest BCUT2D eigenvalue weighted by Gasteiger charge is -2.64. The summed E-state index contributed by atoms with van der Waals surface area (Å²) in [4.78, 5) is 12.7. The van der Waals surface area contributed by atoms with Crippen LogP contribution in [0.1, 0.15) is 52.4 Å². The largest absolute Gasteiger partial charge is 0.459 e. The van der Waals surface area contributed by atoms with Crippen LogP contribution in [-0.2, 0) is 9.53 Å². The third-order valence-corrected chi connectivity index (χ3v) is 8.75. The first-order valence-corrected chi connectivity index (χ1v) is 9.49. The maximum Gasteiger partial charge on any atom is 0.312 e. The lowest BCUT2D eigenvalue weighted by atomic mass is 9.39. The van der Waals surface area contributed by atoms with Gasteiger partial charge in [0.15, 0.2) is 0 Å². The summed E-state index contributed by atoms with van der Waals surface area (Å²) in [6.45, 7) is 8.52. The van der Waals surface area contributed by atoms with Gasteiger partial charge >= 0.3 is 5.97 Å². The number of hydrogen-bond acceptors (Lipinski definition) is 4. The van der Waals surface area contributed by atoms with Crippen LogP contribution >= 0.6 is 0 Å². The normalized spacial score (nSPS) is 61.3. The summed E-state index contributed by atoms with van der Waals surface area (Å²) in [7, 11) is 0. The number of rotatable bonds is 0. The number of aliphatic hydroxyl groups is 2. The number of hydrogen-bond donors (Lipinski definition) is 2. The third kappa shape index (κ3) is 1.44. The Hall–Kier alpha value is -0.870. The minimum absolute atomic E-state index is 0.0111. The van der Waals surface area contributed by atoms with Gasteiger partial charge in [-0.2, -0.15) is 0 Å². The molecule has 1 heterocycles. The van der Waals surface area contributed by atoms with Gasteiger partial charge in [-0.05, 0) is 56.3 Å². The molecule has 0 aromatic heterocycles. The molecule has 24 heavy (non-hydrogen) atoms. The molecule has 4 nitrogen and oxygen atoms in total. The Bertz CT molecular complexity index is 644. The van der Waals surface area contributed by atoms with Gasteiger partial charge in [0.1, 0.15) is 6.10 Å². The molecule has 0 radical (unpaired) electrons. The Kier molecular flexibility index (Phi) is 2.74. The fourth-order valence-electron chi connectivity index (χ4n) is 8.14. The molecule has 9 atom stereocenters. The van der Waals surface area contributed by atoms with Crippen molar-refractivity contribution in [3.05, 3.63) is 12.2 Å². The second-order valence-electron chi connectivity index (χ2n) is 9.82. The minimum atomic E-state index is -0.679. The van der Waals surface area contributed by atoms with Crippen molar-refractivity contribution in [1.29, 1.82) is 0 Å². The van der Waals surface area contributed by atoms with E-state index in [-0.39, 0.29) is 28.6 Å². The molecular weight excluding hydrogens is 304 g/mol. The predicted molar refractivity (Wildman–Crippen MR) is 87.9 cm³/mol. The van der Waals surface area contributed by atoms with Crippen molar-refractivity contribution in [2.45, 2.75) is 70.7 Å². The average molecular weight is 332 g/mol. The molecule has 132 valence electrons. The van der Waals surface area contributed by atoms with Gasteiger partial charge in [0.2, 0.25) is 0 Å². The number of allylic oxidation sites excluding steroid dienone is 1. The quantitative estimate of drug-likeness (QED) is 0.528. The van der Waals surface area contributed by atoms with Crippen molar-refractivity contribution in [2.24, 2.45) is 34.0 Å². The predicted octanol–water partition coefficient (Wildman–Crippen LogP) is 2.43. The molecule has 0 aromatic carbocycles. The highest BCUT2D eigenvalue weighted by Crippen LogP contribution is 2.74. The summed E-state index contributed by atoms with van der Waals surface area (Å²) in [5.74, 6) is 0.210. The summed E-state index contributed by atoms with van der Waals surface area (Å²) in [5.41, 5.74) is 0.142. The van der Waals surface area contributed by atoms with Crippen molar-refractivity contribution >= 4 is 5.97 Å². The number of carbonyl (C=O) groups excluding carboxylic acids is 1. The number of aliphatic hydroxyl groups excluding tert-OH is 2. The summed E-state index contributed by atoms with van der Waals surface area (Å²) < 4.78 is 5.82. The van der Waals surface area contributed by atoms with Gasteiger partial charge in [0.05, 0.1) is 17.6 Å². The maximum absolute atomic E-state index is 12.7. The SMILES string of the molecule is C=C1CC23CC1CC(O)C2C1(C)CCCC2(C)C(=O)OC(C21)C3O. The lowest BCUT2D eigenvalue weighted by molar-refractivity contribution is -0.244. The number of carbonyl (C=O) groups is 1. The topological polar surface area (TPSA) is 66.8 Å². The van der Waals surface area contributed by atoms with E-state index >= 15 is 0 Å². The zero-order valence-electron chi connectivity index (χ0n) is 14.6. The zero-order valence-corrected chi connectivity index (χ0v) is 14.6. The second-order valence-corrected chi connectivity index (χ2v) is 9.82. The van der Waals surface area contributed by atoms with E-state index in [1.807, 2.05) is 6.92 Å². The van der Waals surface area contributed by atoms with E-state index in [0.29, 0.717) is 5.92 Å². The van der Waals surface area contributed by atoms with E-state index in [4.69, 9.17) is 4.74 Å². The smallest absolute Gasteiger partial charge is 0.312 e. The molecule has 0 aromatic rings. The van der Waals surface area contributed by atoms with Crippen LogP contribution in [0.3, 0.4) is 0 Å². The molecule has 1 aliphatic heterocycles. The molecule has 1 spiro atoms. The van der Waals surface area contributed by atoms with E-state index in [1.54, 1.807) is 0 Å². The Morgan fingerprint density at radius 1 is 1.21 bits per heavy atom. The minimum Gasteiger partial charge on any atom is -0.459 e. The van der Waals surface area contributed by atoms with Crippen LogP contribution in [0, 0.1) is 34.0 Å². The Morgan fingerprint density at radius 3 is 2.71 bits per heavy atom. The Labute approximate surface area is 143 Å². The van der Waals surface area contributed by atoms with E-state index in [9.17, 15) is 15.0 Å². The van der Waals surface area contributed by atoms with Gasteiger partial charge in [-0.15, -0.1) is 0 Å². The van der Waals surface area contributed by atoms with Crippen LogP contribution in [0.2, 0.25) is 0 Å². The Balaban J connectivity index is 1.72. The highest BCUT2D eigenvalue weighted by Gasteiger charge is 2.76. The van der Waals surface area contributed by atoms with E-state index in [1.165, 1.54) is 5.57 Å². The first kappa shape index (κ1) is 15.4. The molecule has 4 heteroatoms. The van der Waals surface area contributed by atoms with Crippen LogP contribution in [0.15, 0.2) is 12.2 Å². The molecule has 2 bridgehead atoms. The molecule has 4 saturated carbocycles. The molecule has 5 fully saturated rings. The van der Waals surface area contributed by atoms with Gasteiger partial charge in [-0.1, -0.05) is 25.5 Å².